The van der Waals surface area contributed by atoms with Crippen LogP contribution in [0.15, 0.2) is 30.3 Å². The Kier molecular flexibility index (Phi) is 14.0. The van der Waals surface area contributed by atoms with Gasteiger partial charge in [-0.2, -0.15) is 0 Å². The third-order valence-corrected chi connectivity index (χ3v) is 5.59. The predicted molar refractivity (Wildman–Crippen MR) is 152 cm³/mol. The van der Waals surface area contributed by atoms with Gasteiger partial charge in [-0.05, 0) is 63.4 Å². The Morgan fingerprint density at radius 3 is 1.59 bits per heavy atom. The first-order valence-electron chi connectivity index (χ1n) is 13.9. The third kappa shape index (κ3) is 14.6. The highest BCUT2D eigenvalue weighted by Crippen LogP contribution is 2.13. The number of alkyl carbamates (subject to hydrolysis) is 1. The molecule has 1 aromatic rings. The van der Waals surface area contributed by atoms with E-state index in [1.54, 1.807) is 20.8 Å². The van der Waals surface area contributed by atoms with Crippen LogP contribution in [-0.4, -0.2) is 47.6 Å². The van der Waals surface area contributed by atoms with Crippen LogP contribution in [0.1, 0.15) is 87.1 Å². The average molecular weight is 548 g/mol. The SMILES string of the molecule is CC(C)C[C@H](NC(=O)OC(C)(C)C)C(=O)N[C@@H](CC(C)C)C(=O)N[C@@H](CC(C)C)C(=O)OCc1ccccc1. The van der Waals surface area contributed by atoms with Gasteiger partial charge in [-0.3, -0.25) is 9.59 Å². The molecule has 0 radical (unpaired) electrons. The lowest BCUT2D eigenvalue weighted by molar-refractivity contribution is -0.150. The normalized spacial score (nSPS) is 13.9. The molecule has 1 rings (SSSR count). The fourth-order valence-corrected chi connectivity index (χ4v) is 3.92. The summed E-state index contributed by atoms with van der Waals surface area (Å²) >= 11 is 0. The van der Waals surface area contributed by atoms with Gasteiger partial charge in [0.05, 0.1) is 0 Å². The zero-order valence-electron chi connectivity index (χ0n) is 25.1. The quantitative estimate of drug-likeness (QED) is 0.289. The number of benzene rings is 1. The van der Waals surface area contributed by atoms with Crippen molar-refractivity contribution in [3.8, 4) is 0 Å². The molecule has 0 heterocycles. The number of hydrogen-bond acceptors (Lipinski definition) is 6. The van der Waals surface area contributed by atoms with Crippen molar-refractivity contribution < 1.29 is 28.7 Å². The first-order valence-corrected chi connectivity index (χ1v) is 13.9. The van der Waals surface area contributed by atoms with Gasteiger partial charge in [0.2, 0.25) is 11.8 Å². The van der Waals surface area contributed by atoms with E-state index in [0.717, 1.165) is 5.56 Å². The number of carbonyl (C=O) groups excluding carboxylic acids is 4. The van der Waals surface area contributed by atoms with Crippen LogP contribution in [0, 0.1) is 17.8 Å². The van der Waals surface area contributed by atoms with E-state index in [9.17, 15) is 19.2 Å². The van der Waals surface area contributed by atoms with Crippen molar-refractivity contribution in [1.82, 2.24) is 16.0 Å². The molecule has 0 aliphatic heterocycles. The summed E-state index contributed by atoms with van der Waals surface area (Å²) in [7, 11) is 0. The lowest BCUT2D eigenvalue weighted by Gasteiger charge is -2.27. The Labute approximate surface area is 234 Å². The molecule has 3 amide bonds. The van der Waals surface area contributed by atoms with E-state index in [4.69, 9.17) is 9.47 Å². The number of nitrogens with one attached hydrogen (secondary N) is 3. The van der Waals surface area contributed by atoms with Crippen LogP contribution in [0.2, 0.25) is 0 Å². The second-order valence-corrected chi connectivity index (χ2v) is 12.3. The van der Waals surface area contributed by atoms with E-state index in [2.05, 4.69) is 16.0 Å². The maximum Gasteiger partial charge on any atom is 0.408 e. The molecular weight excluding hydrogens is 498 g/mol. The summed E-state index contributed by atoms with van der Waals surface area (Å²) in [6.45, 7) is 17.0. The minimum absolute atomic E-state index is 0.0806. The summed E-state index contributed by atoms with van der Waals surface area (Å²) in [6.07, 6.45) is 0.401. The van der Waals surface area contributed by atoms with E-state index >= 15 is 0 Å². The summed E-state index contributed by atoms with van der Waals surface area (Å²) in [5.74, 6) is -1.19. The van der Waals surface area contributed by atoms with Crippen LogP contribution in [0.4, 0.5) is 4.79 Å². The molecule has 0 aromatic heterocycles. The Morgan fingerprint density at radius 1 is 0.692 bits per heavy atom. The Hall–Kier alpha value is -3.10. The predicted octanol–water partition coefficient (Wildman–Crippen LogP) is 4.73. The van der Waals surface area contributed by atoms with Gasteiger partial charge < -0.3 is 25.4 Å². The maximum absolute atomic E-state index is 13.4. The number of amides is 3. The van der Waals surface area contributed by atoms with Crippen molar-refractivity contribution in [3.63, 3.8) is 0 Å². The zero-order valence-corrected chi connectivity index (χ0v) is 25.1. The summed E-state index contributed by atoms with van der Waals surface area (Å²) in [5, 5.41) is 8.25. The molecule has 39 heavy (non-hydrogen) atoms. The second-order valence-electron chi connectivity index (χ2n) is 12.3. The minimum atomic E-state index is -0.899. The molecule has 3 atom stereocenters. The molecule has 0 saturated carbocycles. The van der Waals surface area contributed by atoms with Crippen molar-refractivity contribution in [1.29, 1.82) is 0 Å². The molecule has 0 unspecified atom stereocenters. The van der Waals surface area contributed by atoms with Crippen LogP contribution in [0.5, 0.6) is 0 Å². The molecule has 0 spiro atoms. The summed E-state index contributed by atoms with van der Waals surface area (Å²) in [4.78, 5) is 52.0. The van der Waals surface area contributed by atoms with Gasteiger partial charge in [0, 0.05) is 0 Å². The molecular formula is C30H49N3O6. The molecule has 0 saturated heterocycles. The largest absolute Gasteiger partial charge is 0.459 e. The number of carbonyl (C=O) groups is 4. The van der Waals surface area contributed by atoms with Crippen LogP contribution in [0.25, 0.3) is 0 Å². The lowest BCUT2D eigenvalue weighted by atomic mass is 9.99. The topological polar surface area (TPSA) is 123 Å². The molecule has 9 heteroatoms. The van der Waals surface area contributed by atoms with Crippen LogP contribution in [0.3, 0.4) is 0 Å². The fraction of sp³-hybridized carbons (Fsp3) is 0.667. The Bertz CT molecular complexity index is 924. The molecule has 0 aliphatic carbocycles. The second kappa shape index (κ2) is 16.1. The first kappa shape index (κ1) is 33.9. The standard InChI is InChI=1S/C30H49N3O6/c1-19(2)15-23(31-27(35)24(16-20(3)4)33-29(37)39-30(7,8)9)26(34)32-25(17-21(5)6)28(36)38-18-22-13-11-10-12-14-22/h10-14,19-21,23-25H,15-18H2,1-9H3,(H,31,35)(H,32,34)(H,33,37)/t23-,24-,25-/m0/s1. The van der Waals surface area contributed by atoms with Crippen molar-refractivity contribution in [2.75, 3.05) is 0 Å². The Balaban J connectivity index is 3.00. The smallest absolute Gasteiger partial charge is 0.408 e. The van der Waals surface area contributed by atoms with Gasteiger partial charge in [-0.25, -0.2) is 9.59 Å². The zero-order chi connectivity index (χ0) is 29.8. The van der Waals surface area contributed by atoms with Gasteiger partial charge in [0.25, 0.3) is 0 Å². The summed E-state index contributed by atoms with van der Waals surface area (Å²) in [5.41, 5.74) is 0.128. The van der Waals surface area contributed by atoms with Crippen molar-refractivity contribution in [2.24, 2.45) is 17.8 Å². The summed E-state index contributed by atoms with van der Waals surface area (Å²) < 4.78 is 10.8. The monoisotopic (exact) mass is 547 g/mol. The number of esters is 1. The van der Waals surface area contributed by atoms with Gasteiger partial charge >= 0.3 is 12.1 Å². The number of rotatable bonds is 14. The van der Waals surface area contributed by atoms with Crippen LogP contribution < -0.4 is 16.0 Å². The first-order chi connectivity index (χ1) is 18.1. The van der Waals surface area contributed by atoms with Crippen molar-refractivity contribution in [2.45, 2.75) is 112 Å². The lowest BCUT2D eigenvalue weighted by Crippen LogP contribution is -2.56. The highest BCUT2D eigenvalue weighted by Gasteiger charge is 2.32. The number of hydrogen-bond donors (Lipinski definition) is 3. The molecule has 3 N–H and O–H groups in total. The van der Waals surface area contributed by atoms with E-state index in [0.29, 0.717) is 19.3 Å². The maximum atomic E-state index is 13.4. The van der Waals surface area contributed by atoms with E-state index in [1.807, 2.05) is 71.9 Å². The van der Waals surface area contributed by atoms with Crippen LogP contribution in [-0.2, 0) is 30.5 Å². The molecule has 0 fully saturated rings. The molecule has 0 bridgehead atoms. The van der Waals surface area contributed by atoms with Gasteiger partial charge in [-0.1, -0.05) is 71.9 Å². The van der Waals surface area contributed by atoms with E-state index in [1.165, 1.54) is 0 Å². The highest BCUT2D eigenvalue weighted by molar-refractivity contribution is 5.93. The van der Waals surface area contributed by atoms with Crippen molar-refractivity contribution >= 4 is 23.9 Å². The minimum Gasteiger partial charge on any atom is -0.459 e. The fourth-order valence-electron chi connectivity index (χ4n) is 3.92. The molecule has 0 aliphatic rings. The third-order valence-electron chi connectivity index (χ3n) is 5.59. The number of ether oxygens (including phenoxy) is 2. The van der Waals surface area contributed by atoms with Gasteiger partial charge in [0.15, 0.2) is 0 Å². The van der Waals surface area contributed by atoms with Gasteiger partial charge in [-0.15, -0.1) is 0 Å². The highest BCUT2D eigenvalue weighted by atomic mass is 16.6. The van der Waals surface area contributed by atoms with Crippen molar-refractivity contribution in [3.05, 3.63) is 35.9 Å². The summed E-state index contributed by atoms with van der Waals surface area (Å²) in [6, 6.07) is 6.67. The van der Waals surface area contributed by atoms with E-state index in [-0.39, 0.29) is 24.4 Å². The van der Waals surface area contributed by atoms with E-state index < -0.39 is 47.6 Å². The van der Waals surface area contributed by atoms with Gasteiger partial charge in [0.1, 0.15) is 30.3 Å². The molecule has 1 aromatic carbocycles. The molecule has 220 valence electrons. The molecule has 9 nitrogen and oxygen atoms in total. The Morgan fingerprint density at radius 2 is 1.13 bits per heavy atom. The average Bonchev–Trinajstić information content (AvgIpc) is 2.79. The van der Waals surface area contributed by atoms with Crippen LogP contribution >= 0.6 is 0 Å².